The minimum Gasteiger partial charge on any atom is -0.436 e. The van der Waals surface area contributed by atoms with Gasteiger partial charge in [-0.3, -0.25) is 9.13 Å². The van der Waals surface area contributed by atoms with Crippen LogP contribution in [0.4, 0.5) is 0 Å². The Hall–Kier alpha value is -10.6. The Morgan fingerprint density at radius 2 is 0.481 bits per heavy atom. The summed E-state index contributed by atoms with van der Waals surface area (Å²) in [7, 11) is -18.1. The summed E-state index contributed by atoms with van der Waals surface area (Å²) in [5.41, 5.74) is 20.0. The molecule has 16 rings (SSSR count). The highest BCUT2D eigenvalue weighted by Gasteiger charge is 2.50. The molecular formula is C110H126N8O3Si8. The van der Waals surface area contributed by atoms with Crippen LogP contribution in [0, 0.1) is 0 Å². The average Bonchev–Trinajstić information content (AvgIpc) is 1.55. The van der Waals surface area contributed by atoms with Crippen LogP contribution in [0.25, 0.3) is 67.8 Å². The predicted molar refractivity (Wildman–Crippen MR) is 567 cm³/mol. The fourth-order valence-corrected chi connectivity index (χ4v) is 51.8. The quantitative estimate of drug-likeness (QED) is 0.0390. The van der Waals surface area contributed by atoms with Crippen LogP contribution >= 0.6 is 0 Å². The summed E-state index contributed by atoms with van der Waals surface area (Å²) in [6.45, 7) is 48.2. The minimum absolute atomic E-state index is 0.564. The summed E-state index contributed by atoms with van der Waals surface area (Å²) < 4.78 is 27.2. The molecule has 0 saturated carbocycles. The molecule has 0 aliphatic carbocycles. The van der Waals surface area contributed by atoms with Gasteiger partial charge in [0.05, 0.1) is 77.9 Å². The van der Waals surface area contributed by atoms with E-state index in [-0.39, 0.29) is 0 Å². The van der Waals surface area contributed by atoms with Gasteiger partial charge in [0, 0.05) is 66.8 Å². The lowest BCUT2D eigenvalue weighted by molar-refractivity contribution is 0.328. The van der Waals surface area contributed by atoms with Gasteiger partial charge >= 0.3 is 17.1 Å². The first-order valence-electron chi connectivity index (χ1n) is 46.1. The third-order valence-electron chi connectivity index (χ3n) is 27.3. The number of aliphatic imine (C=N–C) groups is 4. The zero-order valence-electron chi connectivity index (χ0n) is 79.1. The van der Waals surface area contributed by atoms with Gasteiger partial charge in [0.1, 0.15) is 11.6 Å². The van der Waals surface area contributed by atoms with E-state index in [0.717, 1.165) is 148 Å². The molecule has 0 amide bonds. The Balaban J connectivity index is 0.669. The van der Waals surface area contributed by atoms with Gasteiger partial charge in [-0.15, -0.1) is 0 Å². The molecule has 0 radical (unpaired) electrons. The van der Waals surface area contributed by atoms with E-state index in [1.54, 1.807) is 0 Å². The Bertz CT molecular complexity index is 5900. The number of hydrogen-bond acceptors (Lipinski definition) is 9. The molecule has 0 unspecified atom stereocenters. The standard InChI is InChI=1S/C110H126N8O3Si8/c1-81(2)126(13,14)97-69-61-91(62-70-97)107-111-103(87-53-37-25-38-54-87)105(89-57-41-27-42-58-89)117(107)109(113-99(83-45-29-21-30-46-83)100(114-109)84-47-31-22-32-48-84)93-65-73-95(74-66-93)122(5,6)77-79-124(9,10)119-128(17,18)121-129(19,20)120-125(11,12)80-78-123(7,8)96-75-67-94(68-76-96)110(115-101(85-49-33-23-34-50-85)102(116-110)86-51-35-24-36-52-86)118-106(90-59-43-28-44-60-90)104(88-55-39-26-40-56-88)112-108(118)92-63-71-98(72-64-92)127(15,16)82(3)4/h21-76,81-82H,77-80H2,1-20H3. The first-order valence-corrected chi connectivity index (χ1v) is 70.6. The third kappa shape index (κ3) is 19.2. The predicted octanol–water partition coefficient (Wildman–Crippen LogP) is 26.4. The molecular weight excluding hydrogens is 1710 g/mol. The molecule has 0 saturated heterocycles. The highest BCUT2D eigenvalue weighted by molar-refractivity contribution is 6.94. The van der Waals surface area contributed by atoms with Crippen LogP contribution in [0.15, 0.2) is 360 Å². The second-order valence-corrected chi connectivity index (χ2v) is 76.6. The molecule has 0 bridgehead atoms. The second-order valence-electron chi connectivity index (χ2n) is 40.4. The van der Waals surface area contributed by atoms with Crippen molar-refractivity contribution in [1.29, 1.82) is 0 Å². The van der Waals surface area contributed by atoms with E-state index in [1.165, 1.54) is 20.7 Å². The van der Waals surface area contributed by atoms with Crippen molar-refractivity contribution in [2.75, 3.05) is 0 Å². The van der Waals surface area contributed by atoms with Crippen molar-refractivity contribution >= 4 is 110 Å². The fraction of sp³-hybridized carbons (Fsp3) is 0.255. The van der Waals surface area contributed by atoms with Crippen LogP contribution in [0.1, 0.15) is 61.1 Å². The van der Waals surface area contributed by atoms with Gasteiger partial charge in [-0.05, 0) is 75.5 Å². The Labute approximate surface area is 775 Å². The summed E-state index contributed by atoms with van der Waals surface area (Å²) >= 11 is 0. The molecule has 0 atom stereocenters. The molecule has 2 aliphatic rings. The molecule has 2 aliphatic heterocycles. The summed E-state index contributed by atoms with van der Waals surface area (Å²) in [5, 5.41) is 5.58. The van der Waals surface area contributed by atoms with Crippen LogP contribution in [0.2, 0.25) is 140 Å². The van der Waals surface area contributed by atoms with Crippen LogP contribution in [0.5, 0.6) is 0 Å². The van der Waals surface area contributed by atoms with Crippen molar-refractivity contribution in [2.45, 2.75) is 179 Å². The zero-order valence-corrected chi connectivity index (χ0v) is 87.1. The van der Waals surface area contributed by atoms with E-state index < -0.39 is 77.6 Å². The number of nitrogens with zero attached hydrogens (tertiary/aromatic N) is 8. The Kier molecular flexibility index (Phi) is 26.0. The van der Waals surface area contributed by atoms with Crippen molar-refractivity contribution in [1.82, 2.24) is 19.1 Å². The lowest BCUT2D eigenvalue weighted by atomic mass is 10.0. The molecule has 656 valence electrons. The van der Waals surface area contributed by atoms with Crippen molar-refractivity contribution in [2.24, 2.45) is 20.0 Å². The number of benzene rings is 12. The molecule has 12 aromatic carbocycles. The van der Waals surface area contributed by atoms with Crippen LogP contribution < -0.4 is 20.7 Å². The molecule has 19 heteroatoms. The summed E-state index contributed by atoms with van der Waals surface area (Å²) in [4.78, 5) is 36.1. The molecule has 0 spiro atoms. The van der Waals surface area contributed by atoms with Crippen LogP contribution in [0.3, 0.4) is 0 Å². The zero-order chi connectivity index (χ0) is 91.1. The van der Waals surface area contributed by atoms with Gasteiger partial charge in [0.25, 0.3) is 11.6 Å². The summed E-state index contributed by atoms with van der Waals surface area (Å²) in [5.74, 6) is -1.13. The molecule has 14 aromatic rings. The van der Waals surface area contributed by atoms with Gasteiger partial charge in [0.2, 0.25) is 0 Å². The van der Waals surface area contributed by atoms with E-state index in [1.807, 2.05) is 0 Å². The summed E-state index contributed by atoms with van der Waals surface area (Å²) in [6, 6.07) is 127. The van der Waals surface area contributed by atoms with Gasteiger partial charge < -0.3 is 12.3 Å². The van der Waals surface area contributed by atoms with Crippen LogP contribution in [-0.2, 0) is 23.9 Å². The van der Waals surface area contributed by atoms with E-state index in [9.17, 15) is 0 Å². The molecule has 2 aromatic heterocycles. The highest BCUT2D eigenvalue weighted by Crippen LogP contribution is 2.50. The fourth-order valence-electron chi connectivity index (χ4n) is 18.6. The van der Waals surface area contributed by atoms with E-state index in [2.05, 4.69) is 481 Å². The third-order valence-corrected chi connectivity index (χ3v) is 59.7. The van der Waals surface area contributed by atoms with Gasteiger partial charge in [0.15, 0.2) is 16.6 Å². The minimum atomic E-state index is -2.76. The van der Waals surface area contributed by atoms with Crippen LogP contribution in [-0.4, -0.2) is 108 Å². The first kappa shape index (κ1) is 91.7. The van der Waals surface area contributed by atoms with Crippen molar-refractivity contribution < 1.29 is 12.3 Å². The van der Waals surface area contributed by atoms with Gasteiger partial charge in [-0.2, -0.15) is 0 Å². The van der Waals surface area contributed by atoms with E-state index in [0.29, 0.717) is 11.1 Å². The normalized spacial score (nSPS) is 14.6. The lowest BCUT2D eigenvalue weighted by Gasteiger charge is -2.42. The maximum atomic E-state index is 7.52. The van der Waals surface area contributed by atoms with E-state index in [4.69, 9.17) is 42.3 Å². The molecule has 0 fully saturated rings. The van der Waals surface area contributed by atoms with Gasteiger partial charge in [-0.1, -0.05) is 453 Å². The van der Waals surface area contributed by atoms with Crippen molar-refractivity contribution in [3.8, 4) is 67.8 Å². The number of imidazole rings is 2. The molecule has 129 heavy (non-hydrogen) atoms. The monoisotopic (exact) mass is 1830 g/mol. The van der Waals surface area contributed by atoms with E-state index >= 15 is 0 Å². The maximum Gasteiger partial charge on any atom is 0.312 e. The number of aromatic nitrogens is 4. The first-order chi connectivity index (χ1) is 61.5. The number of rotatable bonds is 32. The number of hydrogen-bond donors (Lipinski definition) is 0. The molecule has 0 N–H and O–H groups in total. The second kappa shape index (κ2) is 36.6. The largest absolute Gasteiger partial charge is 0.436 e. The molecule has 11 nitrogen and oxygen atoms in total. The van der Waals surface area contributed by atoms with Gasteiger partial charge in [-0.25, -0.2) is 29.9 Å². The lowest BCUT2D eigenvalue weighted by Crippen LogP contribution is -2.57. The average molecular weight is 1830 g/mol. The Morgan fingerprint density at radius 3 is 0.729 bits per heavy atom. The maximum absolute atomic E-state index is 7.52. The van der Waals surface area contributed by atoms with Crippen molar-refractivity contribution in [3.05, 3.63) is 373 Å². The molecule has 4 heterocycles. The highest BCUT2D eigenvalue weighted by atomic mass is 28.5. The SMILES string of the molecule is CC(C)[Si](C)(C)c1ccc(-c2nc(-c3ccccc3)c(-c3ccccc3)n2C2(c3ccc([Si](C)(C)CC[Si](C)(C)O[Si](C)(C)O[Si](C)(C)O[Si](C)(C)CC[Si](C)(C)c4ccc(C5(n6c(-c7ccc([Si](C)(C)C(C)C)cc7)nc(-c7ccccc7)c6-c6ccccc6)N=C(c6ccccc6)C(c6ccccc6)=N5)cc4)cc3)N=C(c3ccccc3)C(c3ccccc3)=N2)cc1. The smallest absolute Gasteiger partial charge is 0.312 e. The Morgan fingerprint density at radius 1 is 0.248 bits per heavy atom. The summed E-state index contributed by atoms with van der Waals surface area (Å²) in [6.07, 6.45) is 0. The van der Waals surface area contributed by atoms with Crippen molar-refractivity contribution in [3.63, 3.8) is 0 Å². The topological polar surface area (TPSA) is 113 Å².